The summed E-state index contributed by atoms with van der Waals surface area (Å²) in [5.74, 6) is -0.649. The van der Waals surface area contributed by atoms with Crippen molar-refractivity contribution in [3.05, 3.63) is 71.9 Å². The third-order valence-electron chi connectivity index (χ3n) is 4.96. The third-order valence-corrected chi connectivity index (χ3v) is 4.96. The summed E-state index contributed by atoms with van der Waals surface area (Å²) in [6.45, 7) is 1.62. The number of nitrogens with one attached hydrogen (secondary N) is 3. The summed E-state index contributed by atoms with van der Waals surface area (Å²) >= 11 is 0. The van der Waals surface area contributed by atoms with Gasteiger partial charge < -0.3 is 21.4 Å². The highest BCUT2D eigenvalue weighted by atomic mass is 16.2. The van der Waals surface area contributed by atoms with Gasteiger partial charge in [-0.05, 0) is 36.6 Å². The van der Waals surface area contributed by atoms with Gasteiger partial charge in [0.05, 0.1) is 0 Å². The molecule has 2 amide bonds. The van der Waals surface area contributed by atoms with Crippen molar-refractivity contribution in [3.8, 4) is 0 Å². The number of nitrogens with two attached hydrogens (primary N) is 1. The maximum absolute atomic E-state index is 12.2. The van der Waals surface area contributed by atoms with Gasteiger partial charge >= 0.3 is 0 Å². The van der Waals surface area contributed by atoms with Crippen molar-refractivity contribution in [3.63, 3.8) is 0 Å². The first-order valence-corrected chi connectivity index (χ1v) is 10.0. The minimum Gasteiger partial charge on any atom is -0.368 e. The molecule has 5 N–H and O–H groups in total. The molecule has 3 rings (SSSR count). The number of amides is 2. The molecule has 2 aromatic carbocycles. The normalized spacial score (nSPS) is 12.0. The molecule has 0 radical (unpaired) electrons. The number of fused-ring (bicyclic) bond motifs is 1. The van der Waals surface area contributed by atoms with Gasteiger partial charge in [-0.25, -0.2) is 0 Å². The average Bonchev–Trinajstić information content (AvgIpc) is 3.14. The Morgan fingerprint density at radius 2 is 1.76 bits per heavy atom. The highest BCUT2D eigenvalue weighted by molar-refractivity contribution is 5.86. The van der Waals surface area contributed by atoms with Crippen LogP contribution in [-0.4, -0.2) is 29.4 Å². The molecule has 152 valence electrons. The molecule has 1 heterocycles. The average molecular weight is 393 g/mol. The molecule has 6 nitrogen and oxygen atoms in total. The van der Waals surface area contributed by atoms with Crippen molar-refractivity contribution < 1.29 is 9.59 Å². The Balaban J connectivity index is 1.34. The lowest BCUT2D eigenvalue weighted by Gasteiger charge is -2.15. The molecular weight excluding hydrogens is 364 g/mol. The molecular formula is C23H28N4O2. The van der Waals surface area contributed by atoms with Crippen molar-refractivity contribution in [1.29, 1.82) is 0 Å². The van der Waals surface area contributed by atoms with Crippen LogP contribution >= 0.6 is 0 Å². The Morgan fingerprint density at radius 1 is 1.00 bits per heavy atom. The number of hydrogen-bond acceptors (Lipinski definition) is 3. The second-order valence-electron chi connectivity index (χ2n) is 7.21. The maximum Gasteiger partial charge on any atom is 0.240 e. The molecule has 0 saturated heterocycles. The molecule has 29 heavy (non-hydrogen) atoms. The van der Waals surface area contributed by atoms with Gasteiger partial charge in [0.2, 0.25) is 11.8 Å². The van der Waals surface area contributed by atoms with Crippen LogP contribution in [0.5, 0.6) is 0 Å². The predicted octanol–water partition coefficient (Wildman–Crippen LogP) is 2.64. The maximum atomic E-state index is 12.2. The van der Waals surface area contributed by atoms with Crippen LogP contribution in [0.25, 0.3) is 10.9 Å². The molecule has 1 atom stereocenters. The van der Waals surface area contributed by atoms with Gasteiger partial charge in [-0.15, -0.1) is 0 Å². The van der Waals surface area contributed by atoms with E-state index in [1.165, 1.54) is 10.9 Å². The quantitative estimate of drug-likeness (QED) is 0.377. The number of unbranched alkanes of at least 4 members (excludes halogenated alkanes) is 1. The van der Waals surface area contributed by atoms with Gasteiger partial charge in [-0.2, -0.15) is 0 Å². The van der Waals surface area contributed by atoms with Crippen LogP contribution < -0.4 is 16.4 Å². The number of H-pyrrole nitrogens is 1. The minimum absolute atomic E-state index is 0.138. The molecule has 0 aliphatic heterocycles. The number of aromatic nitrogens is 1. The number of primary amides is 1. The zero-order valence-corrected chi connectivity index (χ0v) is 16.5. The van der Waals surface area contributed by atoms with Gasteiger partial charge in [0.25, 0.3) is 0 Å². The third kappa shape index (κ3) is 6.19. The lowest BCUT2D eigenvalue weighted by atomic mass is 10.1. The Morgan fingerprint density at radius 3 is 2.55 bits per heavy atom. The van der Waals surface area contributed by atoms with E-state index in [4.69, 9.17) is 5.73 Å². The smallest absolute Gasteiger partial charge is 0.240 e. The summed E-state index contributed by atoms with van der Waals surface area (Å²) in [6, 6.07) is 17.1. The molecule has 0 saturated carbocycles. The zero-order valence-electron chi connectivity index (χ0n) is 16.5. The molecule has 0 spiro atoms. The van der Waals surface area contributed by atoms with Crippen LogP contribution in [0.15, 0.2) is 60.8 Å². The van der Waals surface area contributed by atoms with Gasteiger partial charge in [-0.1, -0.05) is 48.5 Å². The van der Waals surface area contributed by atoms with E-state index in [0.29, 0.717) is 12.8 Å². The summed E-state index contributed by atoms with van der Waals surface area (Å²) in [5, 5.41) is 7.41. The van der Waals surface area contributed by atoms with E-state index >= 15 is 0 Å². The number of carbonyl (C=O) groups excluding carboxylic acids is 2. The largest absolute Gasteiger partial charge is 0.368 e. The number of benzene rings is 2. The van der Waals surface area contributed by atoms with E-state index in [1.807, 2.05) is 48.7 Å². The van der Waals surface area contributed by atoms with Crippen molar-refractivity contribution >= 4 is 22.7 Å². The first-order chi connectivity index (χ1) is 14.1. The van der Waals surface area contributed by atoms with E-state index < -0.39 is 11.9 Å². The molecule has 0 aliphatic rings. The Kier molecular flexibility index (Phi) is 7.41. The molecule has 6 heteroatoms. The Hall–Kier alpha value is -3.12. The second kappa shape index (κ2) is 10.4. The van der Waals surface area contributed by atoms with Crippen LogP contribution in [0.3, 0.4) is 0 Å². The van der Waals surface area contributed by atoms with Crippen LogP contribution in [0.2, 0.25) is 0 Å². The van der Waals surface area contributed by atoms with Crippen molar-refractivity contribution in [2.45, 2.75) is 38.3 Å². The van der Waals surface area contributed by atoms with E-state index in [2.05, 4.69) is 27.8 Å². The van der Waals surface area contributed by atoms with Gasteiger partial charge in [0, 0.05) is 36.5 Å². The standard InChI is InChI=1S/C23H28N4O2/c24-23(29)21(14-17-8-2-1-3-9-17)27-22(28)12-6-7-13-25-15-18-16-26-20-11-5-4-10-19(18)20/h1-5,8-11,16,21,25-26H,6-7,12-15H2,(H2,24,29)(H,27,28)/t21-/m0/s1. The molecule has 3 aromatic rings. The summed E-state index contributed by atoms with van der Waals surface area (Å²) in [6.07, 6.45) is 4.46. The van der Waals surface area contributed by atoms with E-state index in [-0.39, 0.29) is 5.91 Å². The van der Waals surface area contributed by atoms with Gasteiger partial charge in [-0.3, -0.25) is 9.59 Å². The van der Waals surface area contributed by atoms with Crippen LogP contribution in [0.4, 0.5) is 0 Å². The highest BCUT2D eigenvalue weighted by Crippen LogP contribution is 2.17. The van der Waals surface area contributed by atoms with Crippen LogP contribution in [0.1, 0.15) is 30.4 Å². The number of carbonyl (C=O) groups is 2. The molecule has 0 fully saturated rings. The van der Waals surface area contributed by atoms with Crippen LogP contribution in [0, 0.1) is 0 Å². The SMILES string of the molecule is NC(=O)[C@H](Cc1ccccc1)NC(=O)CCCCNCc1c[nH]c2ccccc12. The fraction of sp³-hybridized carbons (Fsp3) is 0.304. The first-order valence-electron chi connectivity index (χ1n) is 10.0. The molecule has 0 bridgehead atoms. The molecule has 0 unspecified atom stereocenters. The summed E-state index contributed by atoms with van der Waals surface area (Å²) in [4.78, 5) is 27.1. The first kappa shape index (κ1) is 20.6. The van der Waals surface area contributed by atoms with Crippen LogP contribution in [-0.2, 0) is 22.6 Å². The Labute approximate surface area is 170 Å². The summed E-state index contributed by atoms with van der Waals surface area (Å²) in [5.41, 5.74) is 8.80. The highest BCUT2D eigenvalue weighted by Gasteiger charge is 2.18. The van der Waals surface area contributed by atoms with E-state index in [0.717, 1.165) is 37.0 Å². The Bertz CT molecular complexity index is 936. The molecule has 1 aromatic heterocycles. The van der Waals surface area contributed by atoms with Crippen molar-refractivity contribution in [1.82, 2.24) is 15.6 Å². The van der Waals surface area contributed by atoms with Gasteiger partial charge in [0.1, 0.15) is 6.04 Å². The summed E-state index contributed by atoms with van der Waals surface area (Å²) < 4.78 is 0. The fourth-order valence-corrected chi connectivity index (χ4v) is 3.38. The number of hydrogen-bond donors (Lipinski definition) is 4. The van der Waals surface area contributed by atoms with Crippen molar-refractivity contribution in [2.24, 2.45) is 5.73 Å². The van der Waals surface area contributed by atoms with E-state index in [1.54, 1.807) is 0 Å². The molecule has 0 aliphatic carbocycles. The minimum atomic E-state index is -0.676. The predicted molar refractivity (Wildman–Crippen MR) is 115 cm³/mol. The van der Waals surface area contributed by atoms with Crippen molar-refractivity contribution in [2.75, 3.05) is 6.54 Å². The number of para-hydroxylation sites is 1. The zero-order chi connectivity index (χ0) is 20.5. The topological polar surface area (TPSA) is 100 Å². The monoisotopic (exact) mass is 392 g/mol. The van der Waals surface area contributed by atoms with Gasteiger partial charge in [0.15, 0.2) is 0 Å². The lowest BCUT2D eigenvalue weighted by Crippen LogP contribution is -2.45. The summed E-state index contributed by atoms with van der Waals surface area (Å²) in [7, 11) is 0. The fourth-order valence-electron chi connectivity index (χ4n) is 3.38. The number of aromatic amines is 1. The second-order valence-corrected chi connectivity index (χ2v) is 7.21. The lowest BCUT2D eigenvalue weighted by molar-refractivity contribution is -0.127. The number of rotatable bonds is 11. The van der Waals surface area contributed by atoms with E-state index in [9.17, 15) is 9.59 Å².